The van der Waals surface area contributed by atoms with Gasteiger partial charge in [-0.25, -0.2) is 0 Å². The third kappa shape index (κ3) is 5.24. The maximum atomic E-state index is 10.5. The third-order valence-corrected chi connectivity index (χ3v) is 0.925. The Morgan fingerprint density at radius 3 is 2.89 bits per heavy atom. The molecule has 0 amide bonds. The number of allylic oxidation sites excluding steroid dienone is 1. The maximum absolute atomic E-state index is 10.5. The summed E-state index contributed by atoms with van der Waals surface area (Å²) in [5.41, 5.74) is 0. The van der Waals surface area contributed by atoms with Crippen LogP contribution in [0.25, 0.3) is 0 Å². The highest BCUT2D eigenvalue weighted by molar-refractivity contribution is 5.89. The Hall–Kier alpha value is -0.630. The standard InChI is InChI=1S/C7H12O2/c1-3-7(8)5-6-9-4-2/h3H,1,4-6H2,2H3. The lowest BCUT2D eigenvalue weighted by atomic mass is 10.3. The van der Waals surface area contributed by atoms with Gasteiger partial charge in [-0.2, -0.15) is 0 Å². The molecule has 0 saturated heterocycles. The van der Waals surface area contributed by atoms with E-state index in [1.807, 2.05) is 6.92 Å². The second-order valence-corrected chi connectivity index (χ2v) is 1.62. The number of rotatable bonds is 5. The summed E-state index contributed by atoms with van der Waals surface area (Å²) in [5, 5.41) is 0. The van der Waals surface area contributed by atoms with Crippen LogP contribution >= 0.6 is 0 Å². The van der Waals surface area contributed by atoms with Crippen molar-refractivity contribution in [3.8, 4) is 0 Å². The lowest BCUT2D eigenvalue weighted by Crippen LogP contribution is -2.00. The molecule has 9 heavy (non-hydrogen) atoms. The van der Waals surface area contributed by atoms with Crippen molar-refractivity contribution in [1.82, 2.24) is 0 Å². The topological polar surface area (TPSA) is 26.3 Å². The molecular formula is C7H12O2. The highest BCUT2D eigenvalue weighted by Crippen LogP contribution is 1.84. The van der Waals surface area contributed by atoms with E-state index in [1.54, 1.807) is 0 Å². The van der Waals surface area contributed by atoms with Gasteiger partial charge in [0.05, 0.1) is 6.61 Å². The fraction of sp³-hybridized carbons (Fsp3) is 0.571. The van der Waals surface area contributed by atoms with Crippen molar-refractivity contribution in [2.24, 2.45) is 0 Å². The smallest absolute Gasteiger partial charge is 0.157 e. The summed E-state index contributed by atoms with van der Waals surface area (Å²) >= 11 is 0. The van der Waals surface area contributed by atoms with E-state index in [1.165, 1.54) is 6.08 Å². The Morgan fingerprint density at radius 2 is 2.44 bits per heavy atom. The first-order valence-electron chi connectivity index (χ1n) is 3.04. The summed E-state index contributed by atoms with van der Waals surface area (Å²) in [6, 6.07) is 0. The van der Waals surface area contributed by atoms with Crippen LogP contribution in [0.3, 0.4) is 0 Å². The number of carbonyl (C=O) groups excluding carboxylic acids is 1. The predicted octanol–water partition coefficient (Wildman–Crippen LogP) is 1.17. The average molecular weight is 128 g/mol. The summed E-state index contributed by atoms with van der Waals surface area (Å²) in [7, 11) is 0. The van der Waals surface area contributed by atoms with Crippen molar-refractivity contribution >= 4 is 5.78 Å². The first-order valence-corrected chi connectivity index (χ1v) is 3.04. The van der Waals surface area contributed by atoms with Crippen molar-refractivity contribution < 1.29 is 9.53 Å². The molecule has 0 radical (unpaired) electrons. The Labute approximate surface area is 55.5 Å². The van der Waals surface area contributed by atoms with Crippen LogP contribution < -0.4 is 0 Å². The minimum Gasteiger partial charge on any atom is -0.381 e. The van der Waals surface area contributed by atoms with Crippen molar-refractivity contribution in [3.05, 3.63) is 12.7 Å². The molecule has 0 fully saturated rings. The van der Waals surface area contributed by atoms with Crippen molar-refractivity contribution in [2.75, 3.05) is 13.2 Å². The number of ketones is 1. The Bertz CT molecular complexity index is 97.1. The molecule has 2 nitrogen and oxygen atoms in total. The third-order valence-electron chi connectivity index (χ3n) is 0.925. The van der Waals surface area contributed by atoms with Crippen LogP contribution in [0.5, 0.6) is 0 Å². The van der Waals surface area contributed by atoms with Crippen LogP contribution in [0, 0.1) is 0 Å². The van der Waals surface area contributed by atoms with Gasteiger partial charge in [0.2, 0.25) is 0 Å². The van der Waals surface area contributed by atoms with Gasteiger partial charge in [-0.15, -0.1) is 0 Å². The van der Waals surface area contributed by atoms with Crippen LogP contribution in [0.15, 0.2) is 12.7 Å². The zero-order valence-electron chi connectivity index (χ0n) is 5.72. The summed E-state index contributed by atoms with van der Waals surface area (Å²) in [6.45, 7) is 6.42. The Kier molecular flexibility index (Phi) is 5.12. The number of ether oxygens (including phenoxy) is 1. The first kappa shape index (κ1) is 8.37. The van der Waals surface area contributed by atoms with Gasteiger partial charge < -0.3 is 4.74 Å². The van der Waals surface area contributed by atoms with E-state index >= 15 is 0 Å². The quantitative estimate of drug-likeness (QED) is 0.410. The van der Waals surface area contributed by atoms with Gasteiger partial charge in [0.1, 0.15) is 0 Å². The van der Waals surface area contributed by atoms with Gasteiger partial charge in [0.15, 0.2) is 5.78 Å². The monoisotopic (exact) mass is 128 g/mol. The first-order chi connectivity index (χ1) is 4.31. The second-order valence-electron chi connectivity index (χ2n) is 1.62. The normalized spacial score (nSPS) is 9.00. The van der Waals surface area contributed by atoms with Crippen LogP contribution in [-0.2, 0) is 9.53 Å². The van der Waals surface area contributed by atoms with Gasteiger partial charge in [0.25, 0.3) is 0 Å². The molecule has 0 aliphatic rings. The molecule has 0 aliphatic heterocycles. The largest absolute Gasteiger partial charge is 0.381 e. The molecule has 52 valence electrons. The molecule has 0 atom stereocenters. The van der Waals surface area contributed by atoms with E-state index < -0.39 is 0 Å². The summed E-state index contributed by atoms with van der Waals surface area (Å²) in [4.78, 5) is 10.5. The van der Waals surface area contributed by atoms with Gasteiger partial charge in [-0.05, 0) is 13.0 Å². The summed E-state index contributed by atoms with van der Waals surface area (Å²) in [6.07, 6.45) is 1.77. The molecule has 0 unspecified atom stereocenters. The fourth-order valence-corrected chi connectivity index (χ4v) is 0.419. The molecule has 0 heterocycles. The van der Waals surface area contributed by atoms with Crippen LogP contribution in [0.4, 0.5) is 0 Å². The molecule has 0 bridgehead atoms. The molecule has 0 N–H and O–H groups in total. The SMILES string of the molecule is C=CC(=O)CCOCC. The van der Waals surface area contributed by atoms with Gasteiger partial charge >= 0.3 is 0 Å². The maximum Gasteiger partial charge on any atom is 0.157 e. The van der Waals surface area contributed by atoms with E-state index in [0.29, 0.717) is 19.6 Å². The summed E-state index contributed by atoms with van der Waals surface area (Å²) < 4.78 is 4.94. The molecule has 0 saturated carbocycles. The van der Waals surface area contributed by atoms with Crippen molar-refractivity contribution in [3.63, 3.8) is 0 Å². The number of carbonyl (C=O) groups is 1. The van der Waals surface area contributed by atoms with Crippen molar-refractivity contribution in [1.29, 1.82) is 0 Å². The average Bonchev–Trinajstić information content (AvgIpc) is 1.89. The second kappa shape index (κ2) is 5.51. The van der Waals surface area contributed by atoms with E-state index in [0.717, 1.165) is 0 Å². The number of hydrogen-bond acceptors (Lipinski definition) is 2. The fourth-order valence-electron chi connectivity index (χ4n) is 0.419. The zero-order valence-corrected chi connectivity index (χ0v) is 5.72. The predicted molar refractivity (Wildman–Crippen MR) is 36.3 cm³/mol. The zero-order chi connectivity index (χ0) is 7.11. The Morgan fingerprint density at radius 1 is 1.78 bits per heavy atom. The molecule has 2 heteroatoms. The van der Waals surface area contributed by atoms with E-state index in [-0.39, 0.29) is 5.78 Å². The molecule has 0 aromatic heterocycles. The lowest BCUT2D eigenvalue weighted by molar-refractivity contribution is -0.115. The van der Waals surface area contributed by atoms with Crippen molar-refractivity contribution in [2.45, 2.75) is 13.3 Å². The minimum atomic E-state index is 0.0449. The highest BCUT2D eigenvalue weighted by Gasteiger charge is 1.92. The van der Waals surface area contributed by atoms with Gasteiger partial charge in [-0.1, -0.05) is 6.58 Å². The van der Waals surface area contributed by atoms with Crippen LogP contribution in [0.1, 0.15) is 13.3 Å². The minimum absolute atomic E-state index is 0.0449. The molecule has 0 rings (SSSR count). The molecule has 0 aromatic rings. The van der Waals surface area contributed by atoms with Gasteiger partial charge in [-0.3, -0.25) is 4.79 Å². The summed E-state index contributed by atoms with van der Waals surface area (Å²) in [5.74, 6) is 0.0449. The van der Waals surface area contributed by atoms with E-state index in [4.69, 9.17) is 4.74 Å². The highest BCUT2D eigenvalue weighted by atomic mass is 16.5. The number of hydrogen-bond donors (Lipinski definition) is 0. The van der Waals surface area contributed by atoms with E-state index in [2.05, 4.69) is 6.58 Å². The molecule has 0 aromatic carbocycles. The molecule has 0 spiro atoms. The molecular weight excluding hydrogens is 116 g/mol. The molecule has 0 aliphatic carbocycles. The Balaban J connectivity index is 3.07. The van der Waals surface area contributed by atoms with Crippen LogP contribution in [0.2, 0.25) is 0 Å². The van der Waals surface area contributed by atoms with Crippen LogP contribution in [-0.4, -0.2) is 19.0 Å². The van der Waals surface area contributed by atoms with E-state index in [9.17, 15) is 4.79 Å². The van der Waals surface area contributed by atoms with Gasteiger partial charge in [0, 0.05) is 13.0 Å². The lowest BCUT2D eigenvalue weighted by Gasteiger charge is -1.95.